The Morgan fingerprint density at radius 1 is 1.17 bits per heavy atom. The van der Waals surface area contributed by atoms with Crippen LogP contribution in [0.2, 0.25) is 0 Å². The van der Waals surface area contributed by atoms with Gasteiger partial charge in [0.2, 0.25) is 0 Å². The van der Waals surface area contributed by atoms with Crippen LogP contribution in [0.3, 0.4) is 0 Å². The first-order valence-corrected chi connectivity index (χ1v) is 4.79. The largest absolute Gasteiger partial charge is 0.310 e. The van der Waals surface area contributed by atoms with Crippen LogP contribution in [0.15, 0.2) is 0 Å². The number of hydrogen-bond acceptors (Lipinski definition) is 3. The van der Waals surface area contributed by atoms with Crippen molar-refractivity contribution in [1.29, 1.82) is 5.26 Å². The van der Waals surface area contributed by atoms with Gasteiger partial charge in [0.1, 0.15) is 6.04 Å². The summed E-state index contributed by atoms with van der Waals surface area (Å²) in [5.41, 5.74) is 0. The number of piperazine rings is 1. The molecule has 66 valence electrons. The summed E-state index contributed by atoms with van der Waals surface area (Å²) in [6.45, 7) is 0.817. The molecule has 2 fully saturated rings. The van der Waals surface area contributed by atoms with Crippen LogP contribution in [0.4, 0.5) is 0 Å². The summed E-state index contributed by atoms with van der Waals surface area (Å²) in [5.74, 6) is 0. The van der Waals surface area contributed by atoms with E-state index in [1.54, 1.807) is 0 Å². The molecule has 0 bridgehead atoms. The Morgan fingerprint density at radius 3 is 2.67 bits per heavy atom. The zero-order valence-corrected chi connectivity index (χ0v) is 7.21. The van der Waals surface area contributed by atoms with Gasteiger partial charge in [0, 0.05) is 18.6 Å². The van der Waals surface area contributed by atoms with E-state index in [4.69, 9.17) is 5.26 Å². The Labute approximate surface area is 73.1 Å². The molecule has 0 aromatic carbocycles. The second kappa shape index (κ2) is 3.42. The van der Waals surface area contributed by atoms with E-state index in [9.17, 15) is 0 Å². The molecule has 0 spiro atoms. The number of nitrogens with one attached hydrogen (secondary N) is 2. The minimum Gasteiger partial charge on any atom is -0.310 e. The second-order valence-corrected chi connectivity index (χ2v) is 3.75. The molecule has 1 saturated heterocycles. The van der Waals surface area contributed by atoms with Crippen LogP contribution in [0, 0.1) is 11.3 Å². The molecular weight excluding hydrogens is 150 g/mol. The van der Waals surface area contributed by atoms with Crippen molar-refractivity contribution in [2.45, 2.75) is 43.8 Å². The third-order valence-electron chi connectivity index (χ3n) is 2.92. The molecule has 0 aromatic rings. The van der Waals surface area contributed by atoms with Crippen LogP contribution in [0.5, 0.6) is 0 Å². The molecule has 12 heavy (non-hydrogen) atoms. The van der Waals surface area contributed by atoms with Crippen molar-refractivity contribution < 1.29 is 0 Å². The van der Waals surface area contributed by atoms with Crippen LogP contribution in [0.25, 0.3) is 0 Å². The molecule has 1 saturated carbocycles. The standard InChI is InChI=1S/C9H15N3/c10-5-7-6-11-8-3-1-2-4-9(8)12-7/h7-9,11-12H,1-4,6H2/t7-,8+,9+/m1/s1. The van der Waals surface area contributed by atoms with Crippen molar-refractivity contribution in [3.63, 3.8) is 0 Å². The predicted octanol–water partition coefficient (Wildman–Crippen LogP) is 0.383. The van der Waals surface area contributed by atoms with Crippen molar-refractivity contribution in [2.75, 3.05) is 6.54 Å². The molecule has 1 aliphatic heterocycles. The highest BCUT2D eigenvalue weighted by Crippen LogP contribution is 2.20. The van der Waals surface area contributed by atoms with E-state index in [-0.39, 0.29) is 6.04 Å². The quantitative estimate of drug-likeness (QED) is 0.545. The Morgan fingerprint density at radius 2 is 1.92 bits per heavy atom. The van der Waals surface area contributed by atoms with Gasteiger partial charge in [-0.25, -0.2) is 0 Å². The van der Waals surface area contributed by atoms with Crippen LogP contribution in [-0.2, 0) is 0 Å². The third-order valence-corrected chi connectivity index (χ3v) is 2.92. The summed E-state index contributed by atoms with van der Waals surface area (Å²) in [6.07, 6.45) is 5.16. The maximum absolute atomic E-state index is 8.73. The van der Waals surface area contributed by atoms with Crippen molar-refractivity contribution in [2.24, 2.45) is 0 Å². The molecule has 3 nitrogen and oxygen atoms in total. The first-order chi connectivity index (χ1) is 5.90. The summed E-state index contributed by atoms with van der Waals surface area (Å²) >= 11 is 0. The van der Waals surface area contributed by atoms with Gasteiger partial charge in [-0.05, 0) is 12.8 Å². The van der Waals surface area contributed by atoms with Gasteiger partial charge in [-0.2, -0.15) is 5.26 Å². The third kappa shape index (κ3) is 1.45. The van der Waals surface area contributed by atoms with Crippen LogP contribution < -0.4 is 10.6 Å². The van der Waals surface area contributed by atoms with E-state index in [0.29, 0.717) is 12.1 Å². The Kier molecular flexibility index (Phi) is 2.29. The van der Waals surface area contributed by atoms with Crippen LogP contribution in [0.1, 0.15) is 25.7 Å². The van der Waals surface area contributed by atoms with Gasteiger partial charge in [0.05, 0.1) is 6.07 Å². The highest BCUT2D eigenvalue weighted by Gasteiger charge is 2.30. The highest BCUT2D eigenvalue weighted by atomic mass is 15.1. The lowest BCUT2D eigenvalue weighted by Crippen LogP contribution is -2.61. The molecule has 2 rings (SSSR count). The average Bonchev–Trinajstić information content (AvgIpc) is 2.17. The molecule has 1 heterocycles. The highest BCUT2D eigenvalue weighted by molar-refractivity contribution is 5.02. The Hall–Kier alpha value is -0.590. The van der Waals surface area contributed by atoms with Gasteiger partial charge in [-0.3, -0.25) is 5.32 Å². The fraction of sp³-hybridized carbons (Fsp3) is 0.889. The molecule has 0 unspecified atom stereocenters. The van der Waals surface area contributed by atoms with E-state index in [0.717, 1.165) is 6.54 Å². The summed E-state index contributed by atoms with van der Waals surface area (Å²) < 4.78 is 0. The summed E-state index contributed by atoms with van der Waals surface area (Å²) in [5, 5.41) is 15.5. The van der Waals surface area contributed by atoms with Gasteiger partial charge in [0.15, 0.2) is 0 Å². The predicted molar refractivity (Wildman–Crippen MR) is 46.6 cm³/mol. The van der Waals surface area contributed by atoms with E-state index >= 15 is 0 Å². The molecule has 2 aliphatic rings. The molecule has 0 aromatic heterocycles. The summed E-state index contributed by atoms with van der Waals surface area (Å²) in [4.78, 5) is 0. The lowest BCUT2D eigenvalue weighted by atomic mass is 9.88. The van der Waals surface area contributed by atoms with Gasteiger partial charge in [0.25, 0.3) is 0 Å². The summed E-state index contributed by atoms with van der Waals surface area (Å²) in [7, 11) is 0. The molecule has 3 heteroatoms. The van der Waals surface area contributed by atoms with E-state index < -0.39 is 0 Å². The smallest absolute Gasteiger partial charge is 0.108 e. The average molecular weight is 165 g/mol. The topological polar surface area (TPSA) is 47.9 Å². The molecule has 0 radical (unpaired) electrons. The monoisotopic (exact) mass is 165 g/mol. The number of rotatable bonds is 0. The van der Waals surface area contributed by atoms with Crippen molar-refractivity contribution in [3.8, 4) is 6.07 Å². The maximum atomic E-state index is 8.73. The molecule has 1 aliphatic carbocycles. The maximum Gasteiger partial charge on any atom is 0.108 e. The molecule has 2 N–H and O–H groups in total. The first kappa shape index (κ1) is 8.03. The van der Waals surface area contributed by atoms with E-state index in [1.807, 2.05) is 0 Å². The van der Waals surface area contributed by atoms with Gasteiger partial charge < -0.3 is 5.32 Å². The number of nitriles is 1. The van der Waals surface area contributed by atoms with Crippen molar-refractivity contribution in [3.05, 3.63) is 0 Å². The van der Waals surface area contributed by atoms with Crippen LogP contribution >= 0.6 is 0 Å². The summed E-state index contributed by atoms with van der Waals surface area (Å²) in [6, 6.07) is 3.48. The Bertz CT molecular complexity index is 196. The first-order valence-electron chi connectivity index (χ1n) is 4.79. The van der Waals surface area contributed by atoms with Gasteiger partial charge >= 0.3 is 0 Å². The SMILES string of the molecule is N#C[C@@H]1CN[C@H]2CCCC[C@@H]2N1. The zero-order chi connectivity index (χ0) is 8.39. The molecule has 3 atom stereocenters. The minimum atomic E-state index is 0.0318. The van der Waals surface area contributed by atoms with Gasteiger partial charge in [-0.1, -0.05) is 12.8 Å². The fourth-order valence-electron chi connectivity index (χ4n) is 2.24. The second-order valence-electron chi connectivity index (χ2n) is 3.75. The zero-order valence-electron chi connectivity index (χ0n) is 7.21. The number of hydrogen-bond donors (Lipinski definition) is 2. The normalized spacial score (nSPS) is 41.4. The van der Waals surface area contributed by atoms with Crippen LogP contribution in [-0.4, -0.2) is 24.7 Å². The lowest BCUT2D eigenvalue weighted by Gasteiger charge is -2.39. The molecule has 0 amide bonds. The number of fused-ring (bicyclic) bond motifs is 1. The Balaban J connectivity index is 1.95. The molecular formula is C9H15N3. The van der Waals surface area contributed by atoms with E-state index in [1.165, 1.54) is 25.7 Å². The van der Waals surface area contributed by atoms with Crippen molar-refractivity contribution in [1.82, 2.24) is 10.6 Å². The minimum absolute atomic E-state index is 0.0318. The lowest BCUT2D eigenvalue weighted by molar-refractivity contribution is 0.231. The van der Waals surface area contributed by atoms with E-state index in [2.05, 4.69) is 16.7 Å². The van der Waals surface area contributed by atoms with Crippen molar-refractivity contribution >= 4 is 0 Å². The van der Waals surface area contributed by atoms with Gasteiger partial charge in [-0.15, -0.1) is 0 Å². The fourth-order valence-corrected chi connectivity index (χ4v) is 2.24. The number of nitrogens with zero attached hydrogens (tertiary/aromatic N) is 1.